The predicted octanol–water partition coefficient (Wildman–Crippen LogP) is 4.78. The van der Waals surface area contributed by atoms with E-state index in [0.29, 0.717) is 0 Å². The van der Waals surface area contributed by atoms with Gasteiger partial charge in [-0.15, -0.1) is 0 Å². The first-order chi connectivity index (χ1) is 6.38. The smallest absolute Gasteiger partial charge is 0.0386 e. The van der Waals surface area contributed by atoms with Crippen LogP contribution in [0.2, 0.25) is 0 Å². The lowest BCUT2D eigenvalue weighted by Gasteiger charge is -2.30. The van der Waals surface area contributed by atoms with Gasteiger partial charge in [-0.05, 0) is 11.8 Å². The van der Waals surface area contributed by atoms with Crippen LogP contribution in [0.3, 0.4) is 0 Å². The summed E-state index contributed by atoms with van der Waals surface area (Å²) in [5.74, 6) is 2.16. The zero-order chi connectivity index (χ0) is 9.52. The molecule has 0 heteroatoms. The first-order valence-electron chi connectivity index (χ1n) is 6.38. The van der Waals surface area contributed by atoms with Crippen LogP contribution in [0, 0.1) is 11.8 Å². The monoisotopic (exact) mass is 182 g/mol. The summed E-state index contributed by atoms with van der Waals surface area (Å²) in [4.78, 5) is 0. The van der Waals surface area contributed by atoms with Gasteiger partial charge in [-0.2, -0.15) is 0 Å². The molecule has 0 radical (unpaired) electrons. The molecule has 0 amide bonds. The summed E-state index contributed by atoms with van der Waals surface area (Å²) < 4.78 is 0. The van der Waals surface area contributed by atoms with Gasteiger partial charge in [0.2, 0.25) is 0 Å². The third-order valence-corrected chi connectivity index (χ3v) is 3.64. The van der Waals surface area contributed by atoms with Crippen LogP contribution in [0.1, 0.15) is 71.6 Å². The van der Waals surface area contributed by atoms with Crippen molar-refractivity contribution >= 4 is 0 Å². The minimum atomic E-state index is 1.07. The lowest BCUT2D eigenvalue weighted by atomic mass is 9.76. The van der Waals surface area contributed by atoms with Gasteiger partial charge in [0.25, 0.3) is 0 Å². The van der Waals surface area contributed by atoms with Gasteiger partial charge in [-0.3, -0.25) is 0 Å². The van der Waals surface area contributed by atoms with Gasteiger partial charge in [-0.1, -0.05) is 71.6 Å². The zero-order valence-electron chi connectivity index (χ0n) is 9.52. The van der Waals surface area contributed by atoms with E-state index in [2.05, 4.69) is 13.8 Å². The molecule has 0 unspecified atom stereocenters. The first kappa shape index (κ1) is 11.1. The van der Waals surface area contributed by atoms with E-state index in [9.17, 15) is 0 Å². The maximum absolute atomic E-state index is 2.34. The van der Waals surface area contributed by atoms with Crippen molar-refractivity contribution in [2.24, 2.45) is 11.8 Å². The van der Waals surface area contributed by atoms with Crippen molar-refractivity contribution in [2.45, 2.75) is 71.6 Å². The highest BCUT2D eigenvalue weighted by Crippen LogP contribution is 2.34. The van der Waals surface area contributed by atoms with Gasteiger partial charge in [-0.25, -0.2) is 0 Å². The Hall–Kier alpha value is 0. The molecule has 13 heavy (non-hydrogen) atoms. The Bertz CT molecular complexity index is 105. The summed E-state index contributed by atoms with van der Waals surface area (Å²) >= 11 is 0. The van der Waals surface area contributed by atoms with Crippen LogP contribution in [0.4, 0.5) is 0 Å². The molecule has 0 N–H and O–H groups in total. The third-order valence-electron chi connectivity index (χ3n) is 3.64. The van der Waals surface area contributed by atoms with E-state index in [1.54, 1.807) is 0 Å². The van der Waals surface area contributed by atoms with E-state index >= 15 is 0 Å². The Morgan fingerprint density at radius 3 is 1.92 bits per heavy atom. The van der Waals surface area contributed by atoms with Crippen LogP contribution >= 0.6 is 0 Å². The fourth-order valence-corrected chi connectivity index (χ4v) is 2.96. The maximum Gasteiger partial charge on any atom is -0.0386 e. The molecular weight excluding hydrogens is 156 g/mol. The SMILES string of the molecule is CCCC(CCC)C1CCCCC1. The summed E-state index contributed by atoms with van der Waals surface area (Å²) in [6, 6.07) is 0. The lowest BCUT2D eigenvalue weighted by Crippen LogP contribution is -2.17. The molecule has 1 rings (SSSR count). The Kier molecular flexibility index (Phi) is 5.50. The molecule has 0 nitrogen and oxygen atoms in total. The standard InChI is InChI=1S/C13H26/c1-3-8-12(9-4-2)13-10-6-5-7-11-13/h12-13H,3-11H2,1-2H3. The van der Waals surface area contributed by atoms with Gasteiger partial charge < -0.3 is 0 Å². The minimum absolute atomic E-state index is 1.07. The molecule has 0 saturated heterocycles. The van der Waals surface area contributed by atoms with Crippen molar-refractivity contribution in [1.82, 2.24) is 0 Å². The minimum Gasteiger partial charge on any atom is -0.0654 e. The van der Waals surface area contributed by atoms with Gasteiger partial charge in [0, 0.05) is 0 Å². The third kappa shape index (κ3) is 3.70. The normalized spacial score (nSPS) is 19.6. The molecule has 0 heterocycles. The molecule has 1 aliphatic rings. The van der Waals surface area contributed by atoms with E-state index in [-0.39, 0.29) is 0 Å². The molecule has 1 fully saturated rings. The van der Waals surface area contributed by atoms with Gasteiger partial charge in [0.15, 0.2) is 0 Å². The fourth-order valence-electron chi connectivity index (χ4n) is 2.96. The van der Waals surface area contributed by atoms with Crippen LogP contribution < -0.4 is 0 Å². The van der Waals surface area contributed by atoms with E-state index in [1.165, 1.54) is 57.8 Å². The molecule has 0 aromatic heterocycles. The van der Waals surface area contributed by atoms with Crippen LogP contribution in [-0.4, -0.2) is 0 Å². The second-order valence-electron chi connectivity index (χ2n) is 4.74. The number of hydrogen-bond donors (Lipinski definition) is 0. The molecule has 1 saturated carbocycles. The van der Waals surface area contributed by atoms with Crippen molar-refractivity contribution in [3.8, 4) is 0 Å². The highest BCUT2D eigenvalue weighted by molar-refractivity contribution is 4.73. The van der Waals surface area contributed by atoms with Crippen molar-refractivity contribution in [1.29, 1.82) is 0 Å². The van der Waals surface area contributed by atoms with E-state index in [4.69, 9.17) is 0 Å². The van der Waals surface area contributed by atoms with Gasteiger partial charge in [0.05, 0.1) is 0 Å². The van der Waals surface area contributed by atoms with Crippen molar-refractivity contribution in [3.05, 3.63) is 0 Å². The van der Waals surface area contributed by atoms with E-state index in [0.717, 1.165) is 11.8 Å². The van der Waals surface area contributed by atoms with Gasteiger partial charge in [0.1, 0.15) is 0 Å². The quantitative estimate of drug-likeness (QED) is 0.574. The summed E-state index contributed by atoms with van der Waals surface area (Å²) in [7, 11) is 0. The average molecular weight is 182 g/mol. The second kappa shape index (κ2) is 6.45. The first-order valence-corrected chi connectivity index (χ1v) is 6.38. The van der Waals surface area contributed by atoms with E-state index in [1.807, 2.05) is 0 Å². The maximum atomic E-state index is 2.34. The predicted molar refractivity (Wildman–Crippen MR) is 59.9 cm³/mol. The topological polar surface area (TPSA) is 0 Å². The molecule has 78 valence electrons. The molecule has 0 bridgehead atoms. The van der Waals surface area contributed by atoms with Gasteiger partial charge >= 0.3 is 0 Å². The Morgan fingerprint density at radius 2 is 1.46 bits per heavy atom. The van der Waals surface area contributed by atoms with E-state index < -0.39 is 0 Å². The van der Waals surface area contributed by atoms with Crippen molar-refractivity contribution in [3.63, 3.8) is 0 Å². The van der Waals surface area contributed by atoms with Crippen LogP contribution in [0.15, 0.2) is 0 Å². The lowest BCUT2D eigenvalue weighted by molar-refractivity contribution is 0.222. The molecular formula is C13H26. The highest BCUT2D eigenvalue weighted by atomic mass is 14.3. The fraction of sp³-hybridized carbons (Fsp3) is 1.00. The Morgan fingerprint density at radius 1 is 0.923 bits per heavy atom. The molecule has 0 spiro atoms. The second-order valence-corrected chi connectivity index (χ2v) is 4.74. The Labute approximate surface area is 84.1 Å². The average Bonchev–Trinajstić information content (AvgIpc) is 2.19. The van der Waals surface area contributed by atoms with Crippen LogP contribution in [-0.2, 0) is 0 Å². The molecule has 0 atom stereocenters. The van der Waals surface area contributed by atoms with Crippen molar-refractivity contribution in [2.75, 3.05) is 0 Å². The van der Waals surface area contributed by atoms with Crippen LogP contribution in [0.25, 0.3) is 0 Å². The number of rotatable bonds is 5. The summed E-state index contributed by atoms with van der Waals surface area (Å²) in [6.45, 7) is 4.68. The highest BCUT2D eigenvalue weighted by Gasteiger charge is 2.21. The molecule has 0 aliphatic heterocycles. The summed E-state index contributed by atoms with van der Waals surface area (Å²) in [6.07, 6.45) is 13.3. The Balaban J connectivity index is 2.32. The summed E-state index contributed by atoms with van der Waals surface area (Å²) in [5.41, 5.74) is 0. The molecule has 1 aliphatic carbocycles. The molecule has 0 aromatic rings. The zero-order valence-corrected chi connectivity index (χ0v) is 9.52. The largest absolute Gasteiger partial charge is 0.0654 e. The summed E-state index contributed by atoms with van der Waals surface area (Å²) in [5, 5.41) is 0. The van der Waals surface area contributed by atoms with Crippen molar-refractivity contribution < 1.29 is 0 Å². The molecule has 0 aromatic carbocycles. The van der Waals surface area contributed by atoms with Crippen LogP contribution in [0.5, 0.6) is 0 Å². The number of hydrogen-bond acceptors (Lipinski definition) is 0.